The predicted molar refractivity (Wildman–Crippen MR) is 139 cm³/mol. The van der Waals surface area contributed by atoms with E-state index in [-0.39, 0.29) is 38.1 Å². The highest BCUT2D eigenvalue weighted by Crippen LogP contribution is 2.32. The van der Waals surface area contributed by atoms with Crippen molar-refractivity contribution >= 4 is 46.1 Å². The SMILES string of the molecule is Cc1cc(OCc2c(Cl)ccc(N(C)C(=O)CNC(=O)NCCCC(=O)O)c2C#N)c2ccccc2n1. The van der Waals surface area contributed by atoms with Crippen LogP contribution in [0.15, 0.2) is 42.5 Å². The predicted octanol–water partition coefficient (Wildman–Crippen LogP) is 3.77. The van der Waals surface area contributed by atoms with Crippen LogP contribution in [0, 0.1) is 18.3 Å². The number of amides is 3. The highest BCUT2D eigenvalue weighted by Gasteiger charge is 2.20. The molecule has 3 rings (SSSR count). The molecule has 0 atom stereocenters. The van der Waals surface area contributed by atoms with Crippen LogP contribution in [0.25, 0.3) is 10.9 Å². The average molecular weight is 524 g/mol. The fraction of sp³-hybridized carbons (Fsp3) is 0.269. The van der Waals surface area contributed by atoms with Crippen LogP contribution < -0.4 is 20.3 Å². The number of para-hydroxylation sites is 1. The summed E-state index contributed by atoms with van der Waals surface area (Å²) in [5.74, 6) is -0.831. The Morgan fingerprint density at radius 2 is 1.95 bits per heavy atom. The average Bonchev–Trinajstić information content (AvgIpc) is 2.87. The molecule has 1 aromatic heterocycles. The van der Waals surface area contributed by atoms with Gasteiger partial charge in [-0.2, -0.15) is 5.26 Å². The smallest absolute Gasteiger partial charge is 0.315 e. The first-order valence-electron chi connectivity index (χ1n) is 11.4. The topological polar surface area (TPSA) is 145 Å². The number of halogens is 1. The van der Waals surface area contributed by atoms with E-state index in [1.807, 2.05) is 31.2 Å². The van der Waals surface area contributed by atoms with Gasteiger partial charge in [-0.05, 0) is 37.6 Å². The van der Waals surface area contributed by atoms with E-state index in [0.29, 0.717) is 22.0 Å². The summed E-state index contributed by atoms with van der Waals surface area (Å²) >= 11 is 6.41. The number of carboxylic acids is 1. The number of likely N-dealkylation sites (N-methyl/N-ethyl adjacent to an activating group) is 1. The molecule has 0 unspecified atom stereocenters. The van der Waals surface area contributed by atoms with Crippen LogP contribution in [0.4, 0.5) is 10.5 Å². The number of benzene rings is 2. The van der Waals surface area contributed by atoms with E-state index in [1.54, 1.807) is 18.2 Å². The van der Waals surface area contributed by atoms with E-state index in [0.717, 1.165) is 16.6 Å². The van der Waals surface area contributed by atoms with Crippen molar-refractivity contribution in [2.75, 3.05) is 25.0 Å². The van der Waals surface area contributed by atoms with E-state index >= 15 is 0 Å². The van der Waals surface area contributed by atoms with Crippen LogP contribution in [0.1, 0.15) is 29.7 Å². The maximum absolute atomic E-state index is 12.7. The molecule has 0 saturated carbocycles. The zero-order valence-electron chi connectivity index (χ0n) is 20.4. The van der Waals surface area contributed by atoms with Gasteiger partial charge in [0.15, 0.2) is 0 Å². The molecule has 0 radical (unpaired) electrons. The number of hydrogen-bond donors (Lipinski definition) is 3. The van der Waals surface area contributed by atoms with Crippen molar-refractivity contribution in [1.82, 2.24) is 15.6 Å². The number of aryl methyl sites for hydroxylation is 1. The molecular formula is C26H26ClN5O5. The number of aliphatic carboxylic acids is 1. The number of carbonyl (C=O) groups is 3. The highest BCUT2D eigenvalue weighted by atomic mass is 35.5. The Morgan fingerprint density at radius 1 is 1.19 bits per heavy atom. The molecule has 0 aliphatic heterocycles. The van der Waals surface area contributed by atoms with E-state index in [9.17, 15) is 19.6 Å². The lowest BCUT2D eigenvalue weighted by Gasteiger charge is -2.21. The molecule has 37 heavy (non-hydrogen) atoms. The minimum Gasteiger partial charge on any atom is -0.488 e. The Bertz CT molecular complexity index is 1370. The summed E-state index contributed by atoms with van der Waals surface area (Å²) in [7, 11) is 1.49. The number of nitrogens with one attached hydrogen (secondary N) is 2. The first-order chi connectivity index (χ1) is 17.7. The summed E-state index contributed by atoms with van der Waals surface area (Å²) in [6.45, 7) is 1.68. The first-order valence-corrected chi connectivity index (χ1v) is 11.8. The zero-order chi connectivity index (χ0) is 26.9. The van der Waals surface area contributed by atoms with E-state index in [2.05, 4.69) is 21.7 Å². The summed E-state index contributed by atoms with van der Waals surface area (Å²) in [5, 5.41) is 24.6. The van der Waals surface area contributed by atoms with Gasteiger partial charge in [0, 0.05) is 47.7 Å². The summed E-state index contributed by atoms with van der Waals surface area (Å²) in [6, 6.07) is 14.0. The van der Waals surface area contributed by atoms with Crippen molar-refractivity contribution in [2.24, 2.45) is 0 Å². The van der Waals surface area contributed by atoms with Gasteiger partial charge in [0.05, 0.1) is 23.3 Å². The fourth-order valence-electron chi connectivity index (χ4n) is 3.61. The number of nitriles is 1. The molecule has 0 aliphatic rings. The van der Waals surface area contributed by atoms with Crippen molar-refractivity contribution in [3.8, 4) is 11.8 Å². The third-order valence-electron chi connectivity index (χ3n) is 5.51. The highest BCUT2D eigenvalue weighted by molar-refractivity contribution is 6.31. The Labute approximate surface area is 218 Å². The van der Waals surface area contributed by atoms with Gasteiger partial charge in [-0.15, -0.1) is 0 Å². The van der Waals surface area contributed by atoms with Crippen molar-refractivity contribution < 1.29 is 24.2 Å². The number of hydrogen-bond acceptors (Lipinski definition) is 6. The number of aromatic nitrogens is 1. The minimum absolute atomic E-state index is 0.0119. The molecule has 2 aromatic carbocycles. The standard InChI is InChI=1S/C26H26ClN5O5/c1-16-12-23(17-6-3-4-7-21(17)31-16)37-15-19-18(13-28)22(10-9-20(19)27)32(2)24(33)14-30-26(36)29-11-5-8-25(34)35/h3-4,6-7,9-10,12H,5,8,11,14-15H2,1-2H3,(H,34,35)(H2,29,30,36). The molecule has 0 saturated heterocycles. The molecule has 192 valence electrons. The molecule has 11 heteroatoms. The molecule has 3 amide bonds. The van der Waals surface area contributed by atoms with Crippen LogP contribution in [0.5, 0.6) is 5.75 Å². The molecule has 0 fully saturated rings. The molecule has 0 aliphatic carbocycles. The Balaban J connectivity index is 1.71. The number of ether oxygens (including phenoxy) is 1. The fourth-order valence-corrected chi connectivity index (χ4v) is 3.82. The van der Waals surface area contributed by atoms with Gasteiger partial charge >= 0.3 is 12.0 Å². The summed E-state index contributed by atoms with van der Waals surface area (Å²) in [5.41, 5.74) is 2.47. The van der Waals surface area contributed by atoms with E-state index in [4.69, 9.17) is 21.4 Å². The van der Waals surface area contributed by atoms with Gasteiger partial charge in [0.2, 0.25) is 5.91 Å². The van der Waals surface area contributed by atoms with Crippen LogP contribution in [-0.2, 0) is 16.2 Å². The summed E-state index contributed by atoms with van der Waals surface area (Å²) in [6.07, 6.45) is 0.200. The normalized spacial score (nSPS) is 10.4. The molecule has 0 bridgehead atoms. The van der Waals surface area contributed by atoms with Crippen molar-refractivity contribution in [2.45, 2.75) is 26.4 Å². The lowest BCUT2D eigenvalue weighted by molar-refractivity contribution is -0.137. The van der Waals surface area contributed by atoms with Gasteiger partial charge in [0.25, 0.3) is 0 Å². The monoisotopic (exact) mass is 523 g/mol. The number of rotatable bonds is 10. The van der Waals surface area contributed by atoms with Crippen LogP contribution in [0.2, 0.25) is 5.02 Å². The van der Waals surface area contributed by atoms with Gasteiger partial charge in [-0.1, -0.05) is 23.7 Å². The molecule has 10 nitrogen and oxygen atoms in total. The number of carbonyl (C=O) groups excluding carboxylic acids is 2. The van der Waals surface area contributed by atoms with Crippen LogP contribution >= 0.6 is 11.6 Å². The van der Waals surface area contributed by atoms with Gasteiger partial charge in [-0.3, -0.25) is 14.6 Å². The summed E-state index contributed by atoms with van der Waals surface area (Å²) < 4.78 is 6.06. The molecule has 3 aromatic rings. The number of anilines is 1. The number of pyridine rings is 1. The molecule has 0 spiro atoms. The van der Waals surface area contributed by atoms with Crippen molar-refractivity contribution in [1.29, 1.82) is 5.26 Å². The number of fused-ring (bicyclic) bond motifs is 1. The molecular weight excluding hydrogens is 498 g/mol. The van der Waals surface area contributed by atoms with E-state index in [1.165, 1.54) is 11.9 Å². The molecule has 3 N–H and O–H groups in total. The number of nitrogens with zero attached hydrogens (tertiary/aromatic N) is 3. The Hall–Kier alpha value is -4.36. The van der Waals surface area contributed by atoms with E-state index < -0.39 is 17.9 Å². The quantitative estimate of drug-likeness (QED) is 0.343. The lowest BCUT2D eigenvalue weighted by Crippen LogP contribution is -2.43. The van der Waals surface area contributed by atoms with Crippen molar-refractivity contribution in [3.05, 3.63) is 64.3 Å². The van der Waals surface area contributed by atoms with Crippen LogP contribution in [0.3, 0.4) is 0 Å². The second-order valence-electron chi connectivity index (χ2n) is 8.16. The van der Waals surface area contributed by atoms with Crippen LogP contribution in [-0.4, -0.2) is 48.1 Å². The number of urea groups is 1. The van der Waals surface area contributed by atoms with Crippen molar-refractivity contribution in [3.63, 3.8) is 0 Å². The third-order valence-corrected chi connectivity index (χ3v) is 5.87. The zero-order valence-corrected chi connectivity index (χ0v) is 21.1. The van der Waals surface area contributed by atoms with Gasteiger partial charge in [-0.25, -0.2) is 4.79 Å². The molecule has 1 heterocycles. The first kappa shape index (κ1) is 27.2. The van der Waals surface area contributed by atoms with Gasteiger partial charge < -0.3 is 25.4 Å². The summed E-state index contributed by atoms with van der Waals surface area (Å²) in [4.78, 5) is 40.9. The largest absolute Gasteiger partial charge is 0.488 e. The third kappa shape index (κ3) is 7.08. The number of carboxylic acid groups (broad SMARTS) is 1. The Morgan fingerprint density at radius 3 is 2.68 bits per heavy atom. The maximum atomic E-state index is 12.7. The lowest BCUT2D eigenvalue weighted by atomic mass is 10.1. The second-order valence-corrected chi connectivity index (χ2v) is 8.57. The second kappa shape index (κ2) is 12.6. The van der Waals surface area contributed by atoms with Gasteiger partial charge in [0.1, 0.15) is 18.4 Å². The minimum atomic E-state index is -0.954. The Kier molecular flexibility index (Phi) is 9.24. The maximum Gasteiger partial charge on any atom is 0.315 e.